The normalized spacial score (nSPS) is 19.1. The van der Waals surface area contributed by atoms with Crippen molar-refractivity contribution in [1.82, 2.24) is 10.6 Å². The van der Waals surface area contributed by atoms with Crippen LogP contribution in [0.5, 0.6) is 0 Å². The molecule has 0 saturated carbocycles. The van der Waals surface area contributed by atoms with Gasteiger partial charge in [-0.25, -0.2) is 0 Å². The fourth-order valence-corrected chi connectivity index (χ4v) is 2.24. The van der Waals surface area contributed by atoms with Crippen LogP contribution in [0.4, 0.5) is 0 Å². The molecule has 0 aliphatic carbocycles. The number of nitrogens with one attached hydrogen (secondary N) is 2. The molecule has 1 fully saturated rings. The van der Waals surface area contributed by atoms with Crippen molar-refractivity contribution in [1.29, 1.82) is 0 Å². The molecule has 20 heavy (non-hydrogen) atoms. The molecule has 5 heteroatoms. The van der Waals surface area contributed by atoms with Crippen LogP contribution in [0.15, 0.2) is 24.3 Å². The lowest BCUT2D eigenvalue weighted by molar-refractivity contribution is -0.122. The molecule has 2 N–H and O–H groups in total. The Morgan fingerprint density at radius 2 is 2.10 bits per heavy atom. The summed E-state index contributed by atoms with van der Waals surface area (Å²) in [5.74, 6) is -0.303. The summed E-state index contributed by atoms with van der Waals surface area (Å²) < 4.78 is 5.02. The number of methoxy groups -OCH3 is 1. The van der Waals surface area contributed by atoms with Crippen LogP contribution >= 0.6 is 0 Å². The number of hydrogen-bond acceptors (Lipinski definition) is 3. The van der Waals surface area contributed by atoms with Crippen LogP contribution in [0.3, 0.4) is 0 Å². The van der Waals surface area contributed by atoms with E-state index < -0.39 is 6.04 Å². The van der Waals surface area contributed by atoms with Crippen molar-refractivity contribution in [2.75, 3.05) is 13.7 Å². The molecule has 1 heterocycles. The lowest BCUT2D eigenvalue weighted by atomic mass is 10.1. The van der Waals surface area contributed by atoms with Gasteiger partial charge in [-0.15, -0.1) is 0 Å². The summed E-state index contributed by atoms with van der Waals surface area (Å²) in [4.78, 5) is 23.9. The number of amides is 2. The molecule has 1 aromatic carbocycles. The van der Waals surface area contributed by atoms with Gasteiger partial charge in [-0.2, -0.15) is 0 Å². The smallest absolute Gasteiger partial charge is 0.251 e. The molecule has 1 atom stereocenters. The molecule has 1 aliphatic heterocycles. The second kappa shape index (κ2) is 7.05. The number of hydrogen-bond donors (Lipinski definition) is 2. The van der Waals surface area contributed by atoms with Gasteiger partial charge in [0.2, 0.25) is 5.91 Å². The number of carbonyl (C=O) groups is 2. The SMILES string of the molecule is COCc1ccc(C(=O)N[C@@H]2CCCCNC2=O)cc1. The molecular formula is C15H20N2O3. The Labute approximate surface area is 118 Å². The van der Waals surface area contributed by atoms with E-state index in [1.165, 1.54) is 0 Å². The third kappa shape index (κ3) is 3.81. The van der Waals surface area contributed by atoms with Crippen molar-refractivity contribution in [3.63, 3.8) is 0 Å². The van der Waals surface area contributed by atoms with Gasteiger partial charge < -0.3 is 15.4 Å². The highest BCUT2D eigenvalue weighted by atomic mass is 16.5. The first-order valence-electron chi connectivity index (χ1n) is 6.87. The summed E-state index contributed by atoms with van der Waals surface area (Å²) in [6, 6.07) is 6.77. The van der Waals surface area contributed by atoms with E-state index in [9.17, 15) is 9.59 Å². The maximum atomic E-state index is 12.1. The maximum Gasteiger partial charge on any atom is 0.251 e. The van der Waals surface area contributed by atoms with E-state index in [1.54, 1.807) is 19.2 Å². The number of carbonyl (C=O) groups excluding carboxylic acids is 2. The largest absolute Gasteiger partial charge is 0.380 e. The van der Waals surface area contributed by atoms with Gasteiger partial charge in [-0.3, -0.25) is 9.59 Å². The molecule has 1 aromatic rings. The summed E-state index contributed by atoms with van der Waals surface area (Å²) in [5.41, 5.74) is 1.57. The van der Waals surface area contributed by atoms with Crippen LogP contribution < -0.4 is 10.6 Å². The summed E-state index contributed by atoms with van der Waals surface area (Å²) in [5, 5.41) is 5.60. The molecule has 2 amide bonds. The summed E-state index contributed by atoms with van der Waals surface area (Å²) in [6.45, 7) is 1.21. The Hall–Kier alpha value is -1.88. The second-order valence-corrected chi connectivity index (χ2v) is 4.94. The molecule has 2 rings (SSSR count). The third-order valence-corrected chi connectivity index (χ3v) is 3.37. The number of rotatable bonds is 4. The Morgan fingerprint density at radius 1 is 1.35 bits per heavy atom. The molecule has 1 aliphatic rings. The first-order valence-corrected chi connectivity index (χ1v) is 6.87. The highest BCUT2D eigenvalue weighted by Crippen LogP contribution is 2.09. The van der Waals surface area contributed by atoms with E-state index in [-0.39, 0.29) is 11.8 Å². The molecule has 5 nitrogen and oxygen atoms in total. The predicted octanol–water partition coefficient (Wildman–Crippen LogP) is 1.23. The quantitative estimate of drug-likeness (QED) is 0.869. The number of ether oxygens (including phenoxy) is 1. The lowest BCUT2D eigenvalue weighted by Crippen LogP contribution is -2.45. The third-order valence-electron chi connectivity index (χ3n) is 3.37. The van der Waals surface area contributed by atoms with Gasteiger partial charge in [0.15, 0.2) is 0 Å². The topological polar surface area (TPSA) is 67.4 Å². The summed E-state index contributed by atoms with van der Waals surface area (Å²) in [7, 11) is 1.63. The first-order chi connectivity index (χ1) is 9.70. The minimum Gasteiger partial charge on any atom is -0.380 e. The van der Waals surface area contributed by atoms with Gasteiger partial charge in [0.1, 0.15) is 6.04 Å². The van der Waals surface area contributed by atoms with Gasteiger partial charge in [-0.1, -0.05) is 12.1 Å². The van der Waals surface area contributed by atoms with Crippen molar-refractivity contribution >= 4 is 11.8 Å². The van der Waals surface area contributed by atoms with Crippen molar-refractivity contribution in [2.45, 2.75) is 31.9 Å². The molecule has 0 bridgehead atoms. The van der Waals surface area contributed by atoms with Crippen LogP contribution in [-0.4, -0.2) is 31.5 Å². The van der Waals surface area contributed by atoms with Crippen molar-refractivity contribution in [2.24, 2.45) is 0 Å². The van der Waals surface area contributed by atoms with E-state index in [1.807, 2.05) is 12.1 Å². The fourth-order valence-electron chi connectivity index (χ4n) is 2.24. The average Bonchev–Trinajstić information content (AvgIpc) is 2.65. The monoisotopic (exact) mass is 276 g/mol. The molecule has 0 radical (unpaired) electrons. The summed E-state index contributed by atoms with van der Waals surface area (Å²) in [6.07, 6.45) is 2.60. The van der Waals surface area contributed by atoms with E-state index in [0.717, 1.165) is 18.4 Å². The Morgan fingerprint density at radius 3 is 2.80 bits per heavy atom. The summed E-state index contributed by atoms with van der Waals surface area (Å²) >= 11 is 0. The molecule has 0 unspecified atom stereocenters. The highest BCUT2D eigenvalue weighted by Gasteiger charge is 2.22. The van der Waals surface area contributed by atoms with E-state index >= 15 is 0 Å². The molecule has 0 aromatic heterocycles. The van der Waals surface area contributed by atoms with Crippen LogP contribution in [0, 0.1) is 0 Å². The van der Waals surface area contributed by atoms with Crippen LogP contribution in [0.1, 0.15) is 35.2 Å². The zero-order valence-corrected chi connectivity index (χ0v) is 11.6. The predicted molar refractivity (Wildman–Crippen MR) is 75.3 cm³/mol. The maximum absolute atomic E-state index is 12.1. The Kier molecular flexibility index (Phi) is 5.12. The second-order valence-electron chi connectivity index (χ2n) is 4.94. The van der Waals surface area contributed by atoms with Crippen molar-refractivity contribution in [3.05, 3.63) is 35.4 Å². The molecule has 0 spiro atoms. The van der Waals surface area contributed by atoms with Crippen LogP contribution in [0.2, 0.25) is 0 Å². The minimum absolute atomic E-state index is 0.0909. The van der Waals surface area contributed by atoms with Gasteiger partial charge in [0.25, 0.3) is 5.91 Å². The van der Waals surface area contributed by atoms with E-state index in [4.69, 9.17) is 4.74 Å². The zero-order chi connectivity index (χ0) is 14.4. The molecular weight excluding hydrogens is 256 g/mol. The van der Waals surface area contributed by atoms with E-state index in [2.05, 4.69) is 10.6 Å². The van der Waals surface area contributed by atoms with Gasteiger partial charge >= 0.3 is 0 Å². The van der Waals surface area contributed by atoms with Gasteiger partial charge in [-0.05, 0) is 37.0 Å². The van der Waals surface area contributed by atoms with Crippen LogP contribution in [0.25, 0.3) is 0 Å². The highest BCUT2D eigenvalue weighted by molar-refractivity contribution is 5.97. The first kappa shape index (κ1) is 14.5. The van der Waals surface area contributed by atoms with Gasteiger partial charge in [0.05, 0.1) is 6.61 Å². The van der Waals surface area contributed by atoms with Crippen LogP contribution in [-0.2, 0) is 16.1 Å². The Balaban J connectivity index is 1.98. The standard InChI is InChI=1S/C15H20N2O3/c1-20-10-11-5-7-12(8-6-11)14(18)17-13-4-2-3-9-16-15(13)19/h5-8,13H,2-4,9-10H2,1H3,(H,16,19)(H,17,18)/t13-/m1/s1. The van der Waals surface area contributed by atoms with Gasteiger partial charge in [0, 0.05) is 19.2 Å². The van der Waals surface area contributed by atoms with Crippen molar-refractivity contribution < 1.29 is 14.3 Å². The fraction of sp³-hybridized carbons (Fsp3) is 0.467. The zero-order valence-electron chi connectivity index (χ0n) is 11.6. The van der Waals surface area contributed by atoms with E-state index in [0.29, 0.717) is 25.1 Å². The van der Waals surface area contributed by atoms with Crippen molar-refractivity contribution in [3.8, 4) is 0 Å². The number of benzene rings is 1. The Bertz CT molecular complexity index is 471. The lowest BCUT2D eigenvalue weighted by Gasteiger charge is -2.15. The molecule has 1 saturated heterocycles. The molecule has 108 valence electrons. The minimum atomic E-state index is -0.427. The average molecular weight is 276 g/mol.